The van der Waals surface area contributed by atoms with E-state index in [2.05, 4.69) is 16.2 Å². The van der Waals surface area contributed by atoms with Crippen LogP contribution >= 0.6 is 0 Å². The number of nitriles is 1. The van der Waals surface area contributed by atoms with E-state index in [-0.39, 0.29) is 0 Å². The fourth-order valence-corrected chi connectivity index (χ4v) is 2.00. The topological polar surface area (TPSA) is 72.4 Å². The molecule has 0 bridgehead atoms. The Morgan fingerprint density at radius 2 is 2.20 bits per heavy atom. The summed E-state index contributed by atoms with van der Waals surface area (Å²) in [6, 6.07) is 7.75. The Kier molecular flexibility index (Phi) is 3.19. The Morgan fingerprint density at radius 3 is 3.00 bits per heavy atom. The Balaban J connectivity index is 2.09. The van der Waals surface area contributed by atoms with Crippen molar-refractivity contribution in [2.75, 3.05) is 20.3 Å². The summed E-state index contributed by atoms with van der Waals surface area (Å²) in [5.74, 6) is 0.732. The van der Waals surface area contributed by atoms with E-state index in [9.17, 15) is 0 Å². The van der Waals surface area contributed by atoms with Crippen LogP contribution in [0.3, 0.4) is 0 Å². The van der Waals surface area contributed by atoms with Crippen LogP contribution in [0.25, 0.3) is 16.6 Å². The van der Waals surface area contributed by atoms with Crippen LogP contribution in [0.15, 0.2) is 30.6 Å². The van der Waals surface area contributed by atoms with Crippen LogP contribution in [0.1, 0.15) is 5.56 Å². The average Bonchev–Trinajstić information content (AvgIpc) is 2.91. The van der Waals surface area contributed by atoms with E-state index in [1.165, 1.54) is 6.20 Å². The van der Waals surface area contributed by atoms with Gasteiger partial charge in [0.25, 0.3) is 0 Å². The van der Waals surface area contributed by atoms with Crippen molar-refractivity contribution in [1.82, 2.24) is 14.6 Å². The van der Waals surface area contributed by atoms with E-state index in [0.717, 1.165) is 16.7 Å². The van der Waals surface area contributed by atoms with E-state index < -0.39 is 0 Å². The number of hydrogen-bond acceptors (Lipinski definition) is 5. The van der Waals surface area contributed by atoms with Crippen LogP contribution in [-0.4, -0.2) is 34.9 Å². The predicted octanol–water partition coefficient (Wildman–Crippen LogP) is 1.78. The van der Waals surface area contributed by atoms with Crippen LogP contribution in [-0.2, 0) is 4.74 Å². The first-order valence-electron chi connectivity index (χ1n) is 6.12. The second-order valence-corrected chi connectivity index (χ2v) is 4.23. The molecule has 0 fully saturated rings. The third-order valence-corrected chi connectivity index (χ3v) is 2.98. The van der Waals surface area contributed by atoms with Crippen molar-refractivity contribution >= 4 is 16.6 Å². The largest absolute Gasteiger partial charge is 0.491 e. The number of aromatic nitrogens is 3. The molecule has 2 aromatic heterocycles. The SMILES string of the molecule is COCCOc1ccc2cnc3c(C#N)cnn3c2c1. The van der Waals surface area contributed by atoms with Gasteiger partial charge in [-0.3, -0.25) is 0 Å². The summed E-state index contributed by atoms with van der Waals surface area (Å²) in [4.78, 5) is 4.26. The number of nitrogens with zero attached hydrogens (tertiary/aromatic N) is 4. The van der Waals surface area contributed by atoms with Crippen LogP contribution in [0.4, 0.5) is 0 Å². The van der Waals surface area contributed by atoms with Crippen LogP contribution < -0.4 is 4.74 Å². The van der Waals surface area contributed by atoms with Crippen molar-refractivity contribution in [3.8, 4) is 11.8 Å². The van der Waals surface area contributed by atoms with Crippen LogP contribution in [0.5, 0.6) is 5.75 Å². The Bertz CT molecular complexity index is 804. The fourth-order valence-electron chi connectivity index (χ4n) is 2.00. The Hall–Kier alpha value is -2.65. The molecule has 0 atom stereocenters. The summed E-state index contributed by atoms with van der Waals surface area (Å²) in [5, 5.41) is 14.2. The van der Waals surface area contributed by atoms with E-state index in [1.54, 1.807) is 17.8 Å². The molecule has 0 saturated heterocycles. The fraction of sp³-hybridized carbons (Fsp3) is 0.214. The minimum atomic E-state index is 0.456. The quantitative estimate of drug-likeness (QED) is 0.674. The highest BCUT2D eigenvalue weighted by molar-refractivity contribution is 5.82. The first-order chi connectivity index (χ1) is 9.83. The molecule has 6 nitrogen and oxygen atoms in total. The monoisotopic (exact) mass is 268 g/mol. The lowest BCUT2D eigenvalue weighted by Gasteiger charge is -2.07. The number of benzene rings is 1. The molecule has 3 aromatic rings. The molecule has 0 saturated carbocycles. The van der Waals surface area contributed by atoms with Crippen molar-refractivity contribution in [3.63, 3.8) is 0 Å². The molecule has 6 heteroatoms. The lowest BCUT2D eigenvalue weighted by molar-refractivity contribution is 0.146. The first-order valence-corrected chi connectivity index (χ1v) is 6.12. The molecule has 0 aliphatic heterocycles. The lowest BCUT2D eigenvalue weighted by atomic mass is 10.2. The van der Waals surface area contributed by atoms with Crippen molar-refractivity contribution in [2.45, 2.75) is 0 Å². The summed E-state index contributed by atoms with van der Waals surface area (Å²) in [6.07, 6.45) is 3.24. The van der Waals surface area contributed by atoms with Gasteiger partial charge in [-0.1, -0.05) is 0 Å². The van der Waals surface area contributed by atoms with Gasteiger partial charge in [-0.2, -0.15) is 10.4 Å². The predicted molar refractivity (Wildman–Crippen MR) is 72.6 cm³/mol. The molecule has 0 aliphatic carbocycles. The minimum Gasteiger partial charge on any atom is -0.491 e. The van der Waals surface area contributed by atoms with Gasteiger partial charge in [0.15, 0.2) is 5.65 Å². The van der Waals surface area contributed by atoms with Gasteiger partial charge in [-0.25, -0.2) is 9.50 Å². The highest BCUT2D eigenvalue weighted by Gasteiger charge is 2.08. The molecule has 1 aromatic carbocycles. The second-order valence-electron chi connectivity index (χ2n) is 4.23. The molecule has 100 valence electrons. The highest BCUT2D eigenvalue weighted by atomic mass is 16.5. The minimum absolute atomic E-state index is 0.456. The summed E-state index contributed by atoms with van der Waals surface area (Å²) >= 11 is 0. The van der Waals surface area contributed by atoms with Gasteiger partial charge in [0.05, 0.1) is 18.3 Å². The number of rotatable bonds is 4. The molecule has 0 spiro atoms. The van der Waals surface area contributed by atoms with Gasteiger partial charge in [0.2, 0.25) is 0 Å². The van der Waals surface area contributed by atoms with Crippen molar-refractivity contribution in [1.29, 1.82) is 5.26 Å². The van der Waals surface area contributed by atoms with Gasteiger partial charge in [-0.15, -0.1) is 0 Å². The smallest absolute Gasteiger partial charge is 0.173 e. The molecule has 3 rings (SSSR count). The highest BCUT2D eigenvalue weighted by Crippen LogP contribution is 2.22. The van der Waals surface area contributed by atoms with Gasteiger partial charge < -0.3 is 9.47 Å². The third kappa shape index (κ3) is 2.04. The molecule has 0 radical (unpaired) electrons. The summed E-state index contributed by atoms with van der Waals surface area (Å²) in [5.41, 5.74) is 1.86. The maximum absolute atomic E-state index is 9.01. The molecule has 0 unspecified atom stereocenters. The Labute approximate surface area is 115 Å². The molecule has 20 heavy (non-hydrogen) atoms. The van der Waals surface area contributed by atoms with Crippen molar-refractivity contribution in [2.24, 2.45) is 0 Å². The van der Waals surface area contributed by atoms with E-state index in [0.29, 0.717) is 24.4 Å². The zero-order chi connectivity index (χ0) is 13.9. The summed E-state index contributed by atoms with van der Waals surface area (Å²) in [7, 11) is 1.63. The molecule has 0 N–H and O–H groups in total. The zero-order valence-electron chi connectivity index (χ0n) is 10.9. The van der Waals surface area contributed by atoms with Crippen molar-refractivity contribution in [3.05, 3.63) is 36.2 Å². The number of methoxy groups -OCH3 is 1. The van der Waals surface area contributed by atoms with E-state index in [4.69, 9.17) is 14.7 Å². The molecular weight excluding hydrogens is 256 g/mol. The van der Waals surface area contributed by atoms with Gasteiger partial charge in [0, 0.05) is 24.8 Å². The van der Waals surface area contributed by atoms with Crippen LogP contribution in [0, 0.1) is 11.3 Å². The second kappa shape index (κ2) is 5.15. The number of hydrogen-bond donors (Lipinski definition) is 0. The maximum Gasteiger partial charge on any atom is 0.173 e. The molecule has 0 aliphatic rings. The summed E-state index contributed by atoms with van der Waals surface area (Å²) in [6.45, 7) is 1.02. The van der Waals surface area contributed by atoms with E-state index in [1.807, 2.05) is 18.2 Å². The summed E-state index contributed by atoms with van der Waals surface area (Å²) < 4.78 is 12.2. The first kappa shape index (κ1) is 12.4. The van der Waals surface area contributed by atoms with Gasteiger partial charge >= 0.3 is 0 Å². The number of ether oxygens (including phenoxy) is 2. The molecule has 2 heterocycles. The maximum atomic E-state index is 9.01. The standard InChI is InChI=1S/C14H12N4O2/c1-19-4-5-20-12-3-2-10-8-16-14-11(7-15)9-17-18(14)13(10)6-12/h2-3,6,8-9H,4-5H2,1H3. The molecular formula is C14H12N4O2. The number of fused-ring (bicyclic) bond motifs is 3. The molecule has 0 amide bonds. The van der Waals surface area contributed by atoms with Gasteiger partial charge in [0.1, 0.15) is 24.0 Å². The zero-order valence-corrected chi connectivity index (χ0v) is 10.9. The third-order valence-electron chi connectivity index (χ3n) is 2.98. The normalized spacial score (nSPS) is 10.8. The van der Waals surface area contributed by atoms with Crippen molar-refractivity contribution < 1.29 is 9.47 Å². The Morgan fingerprint density at radius 1 is 1.30 bits per heavy atom. The lowest BCUT2D eigenvalue weighted by Crippen LogP contribution is -2.04. The average molecular weight is 268 g/mol. The van der Waals surface area contributed by atoms with Crippen LogP contribution in [0.2, 0.25) is 0 Å². The van der Waals surface area contributed by atoms with E-state index >= 15 is 0 Å². The van der Waals surface area contributed by atoms with Gasteiger partial charge in [-0.05, 0) is 12.1 Å².